The van der Waals surface area contributed by atoms with E-state index in [1.807, 2.05) is 0 Å². The maximum Gasteiger partial charge on any atom is 0.328 e. The van der Waals surface area contributed by atoms with E-state index in [0.717, 1.165) is 6.08 Å². The molecule has 2 rings (SSSR count). The molecule has 6 heteroatoms. The van der Waals surface area contributed by atoms with Crippen LogP contribution in [0, 0.1) is 12.7 Å². The Balaban J connectivity index is 2.10. The lowest BCUT2D eigenvalue weighted by atomic mass is 10.2. The van der Waals surface area contributed by atoms with Crippen molar-refractivity contribution in [2.75, 3.05) is 0 Å². The highest BCUT2D eigenvalue weighted by Crippen LogP contribution is 2.20. The highest BCUT2D eigenvalue weighted by atomic mass is 19.1. The lowest BCUT2D eigenvalue weighted by Crippen LogP contribution is -1.93. The molecule has 5 nitrogen and oxygen atoms in total. The number of benzene rings is 1. The van der Waals surface area contributed by atoms with Gasteiger partial charge in [0, 0.05) is 24.0 Å². The van der Waals surface area contributed by atoms with Crippen LogP contribution in [-0.4, -0.2) is 21.0 Å². The zero-order valence-corrected chi connectivity index (χ0v) is 10.6. The van der Waals surface area contributed by atoms with Crippen molar-refractivity contribution in [3.8, 4) is 11.8 Å². The summed E-state index contributed by atoms with van der Waals surface area (Å²) in [5.41, 5.74) is 0.999. The van der Waals surface area contributed by atoms with Crippen molar-refractivity contribution in [1.82, 2.24) is 9.97 Å². The molecular weight excluding hydrogens is 263 g/mol. The number of aliphatic carboxylic acids is 1. The Kier molecular flexibility index (Phi) is 4.05. The minimum Gasteiger partial charge on any atom is -0.478 e. The van der Waals surface area contributed by atoms with E-state index in [9.17, 15) is 9.18 Å². The minimum atomic E-state index is -1.05. The van der Waals surface area contributed by atoms with Crippen LogP contribution in [0.25, 0.3) is 6.08 Å². The van der Waals surface area contributed by atoms with Crippen LogP contribution in [0.15, 0.2) is 36.7 Å². The largest absolute Gasteiger partial charge is 0.478 e. The maximum absolute atomic E-state index is 13.1. The fourth-order valence-corrected chi connectivity index (χ4v) is 1.42. The van der Waals surface area contributed by atoms with Crippen molar-refractivity contribution >= 4 is 12.0 Å². The Bertz CT molecular complexity index is 654. The quantitative estimate of drug-likeness (QED) is 0.868. The van der Waals surface area contributed by atoms with Crippen LogP contribution >= 0.6 is 0 Å². The van der Waals surface area contributed by atoms with Crippen LogP contribution in [0.2, 0.25) is 0 Å². The molecular formula is C14H11FN2O3. The molecule has 0 radical (unpaired) electrons. The topological polar surface area (TPSA) is 72.3 Å². The van der Waals surface area contributed by atoms with Crippen LogP contribution in [-0.2, 0) is 4.79 Å². The van der Waals surface area contributed by atoms with Gasteiger partial charge < -0.3 is 9.84 Å². The summed E-state index contributed by atoms with van der Waals surface area (Å²) in [4.78, 5) is 18.2. The molecule has 1 N–H and O–H groups in total. The van der Waals surface area contributed by atoms with Gasteiger partial charge in [0.2, 0.25) is 0 Å². The fourth-order valence-electron chi connectivity index (χ4n) is 1.42. The van der Waals surface area contributed by atoms with Crippen molar-refractivity contribution in [2.24, 2.45) is 0 Å². The van der Waals surface area contributed by atoms with E-state index in [2.05, 4.69) is 9.97 Å². The lowest BCUT2D eigenvalue weighted by Gasteiger charge is -2.04. The van der Waals surface area contributed by atoms with E-state index in [-0.39, 0.29) is 11.8 Å². The van der Waals surface area contributed by atoms with Gasteiger partial charge in [0.25, 0.3) is 0 Å². The van der Waals surface area contributed by atoms with Crippen LogP contribution < -0.4 is 4.74 Å². The van der Waals surface area contributed by atoms with Crippen molar-refractivity contribution in [1.29, 1.82) is 0 Å². The number of nitrogens with zero attached hydrogens (tertiary/aromatic N) is 2. The third kappa shape index (κ3) is 3.61. The van der Waals surface area contributed by atoms with Gasteiger partial charge in [-0.05, 0) is 36.8 Å². The van der Waals surface area contributed by atoms with E-state index in [4.69, 9.17) is 9.84 Å². The molecule has 0 saturated carbocycles. The highest BCUT2D eigenvalue weighted by molar-refractivity contribution is 5.85. The van der Waals surface area contributed by atoms with Crippen molar-refractivity contribution in [3.05, 3.63) is 53.6 Å². The Labute approximate surface area is 114 Å². The second kappa shape index (κ2) is 5.92. The first-order valence-corrected chi connectivity index (χ1v) is 5.71. The first-order chi connectivity index (χ1) is 9.54. The summed E-state index contributed by atoms with van der Waals surface area (Å²) in [6, 6.07) is 4.42. The minimum absolute atomic E-state index is 0.100. The molecule has 1 aromatic carbocycles. The Hall–Kier alpha value is -2.76. The van der Waals surface area contributed by atoms with Crippen LogP contribution in [0.4, 0.5) is 4.39 Å². The predicted octanol–water partition coefficient (Wildman–Crippen LogP) is 2.81. The average Bonchev–Trinajstić information content (AvgIpc) is 2.42. The average molecular weight is 274 g/mol. The number of carboxylic acid groups (broad SMARTS) is 1. The Morgan fingerprint density at radius 3 is 2.65 bits per heavy atom. The van der Waals surface area contributed by atoms with Gasteiger partial charge in [-0.3, -0.25) is 0 Å². The van der Waals surface area contributed by atoms with Gasteiger partial charge in [-0.25, -0.2) is 19.2 Å². The van der Waals surface area contributed by atoms with Crippen LogP contribution in [0.3, 0.4) is 0 Å². The summed E-state index contributed by atoms with van der Waals surface area (Å²) in [5.74, 6) is -0.933. The zero-order chi connectivity index (χ0) is 14.5. The van der Waals surface area contributed by atoms with E-state index in [0.29, 0.717) is 16.9 Å². The van der Waals surface area contributed by atoms with Crippen molar-refractivity contribution < 1.29 is 19.0 Å². The number of hydrogen-bond acceptors (Lipinski definition) is 4. The molecule has 0 bridgehead atoms. The van der Waals surface area contributed by atoms with Gasteiger partial charge in [-0.15, -0.1) is 0 Å². The van der Waals surface area contributed by atoms with Crippen LogP contribution in [0.5, 0.6) is 11.8 Å². The van der Waals surface area contributed by atoms with Gasteiger partial charge >= 0.3 is 12.0 Å². The molecule has 0 saturated heterocycles. The number of carboxylic acids is 1. The molecule has 0 aliphatic rings. The van der Waals surface area contributed by atoms with E-state index in [1.54, 1.807) is 6.92 Å². The summed E-state index contributed by atoms with van der Waals surface area (Å²) < 4.78 is 18.5. The first kappa shape index (κ1) is 13.7. The molecule has 0 spiro atoms. The van der Waals surface area contributed by atoms with Gasteiger partial charge in [-0.1, -0.05) is 0 Å². The summed E-state index contributed by atoms with van der Waals surface area (Å²) >= 11 is 0. The Morgan fingerprint density at radius 2 is 2.05 bits per heavy atom. The lowest BCUT2D eigenvalue weighted by molar-refractivity contribution is -0.131. The molecule has 0 unspecified atom stereocenters. The zero-order valence-electron chi connectivity index (χ0n) is 10.6. The molecule has 2 aromatic rings. The van der Waals surface area contributed by atoms with E-state index >= 15 is 0 Å². The predicted molar refractivity (Wildman–Crippen MR) is 69.9 cm³/mol. The fraction of sp³-hybridized carbons (Fsp3) is 0.0714. The van der Waals surface area contributed by atoms with Gasteiger partial charge in [0.15, 0.2) is 0 Å². The number of rotatable bonds is 4. The standard InChI is InChI=1S/C14H11FN2O3/c1-9-6-11(3-4-12(9)15)20-14-16-7-10(8-17-14)2-5-13(18)19/h2-8H,1H3,(H,18,19)/b5-2+. The summed E-state index contributed by atoms with van der Waals surface area (Å²) in [7, 11) is 0. The third-order valence-electron chi connectivity index (χ3n) is 2.41. The molecule has 1 aromatic heterocycles. The number of halogens is 1. The van der Waals surface area contributed by atoms with Gasteiger partial charge in [0.05, 0.1) is 0 Å². The smallest absolute Gasteiger partial charge is 0.328 e. The van der Waals surface area contributed by atoms with Crippen molar-refractivity contribution in [2.45, 2.75) is 6.92 Å². The number of hydrogen-bond donors (Lipinski definition) is 1. The summed E-state index contributed by atoms with van der Waals surface area (Å²) in [5, 5.41) is 8.49. The number of aromatic nitrogens is 2. The second-order valence-corrected chi connectivity index (χ2v) is 3.98. The first-order valence-electron chi connectivity index (χ1n) is 5.71. The van der Waals surface area contributed by atoms with E-state index < -0.39 is 5.97 Å². The summed E-state index contributed by atoms with van der Waals surface area (Å²) in [6.45, 7) is 1.63. The highest BCUT2D eigenvalue weighted by Gasteiger charge is 2.03. The third-order valence-corrected chi connectivity index (χ3v) is 2.41. The molecule has 0 atom stereocenters. The molecule has 20 heavy (non-hydrogen) atoms. The van der Waals surface area contributed by atoms with Crippen LogP contribution in [0.1, 0.15) is 11.1 Å². The second-order valence-electron chi connectivity index (χ2n) is 3.98. The Morgan fingerprint density at radius 1 is 1.35 bits per heavy atom. The van der Waals surface area contributed by atoms with Gasteiger partial charge in [-0.2, -0.15) is 0 Å². The van der Waals surface area contributed by atoms with Crippen molar-refractivity contribution in [3.63, 3.8) is 0 Å². The monoisotopic (exact) mass is 274 g/mol. The number of carbonyl (C=O) groups is 1. The SMILES string of the molecule is Cc1cc(Oc2ncc(/C=C/C(=O)O)cn2)ccc1F. The molecule has 102 valence electrons. The molecule has 0 amide bonds. The summed E-state index contributed by atoms with van der Waals surface area (Å²) in [6.07, 6.45) is 5.22. The molecule has 0 aliphatic carbocycles. The number of aryl methyl sites for hydroxylation is 1. The number of ether oxygens (including phenoxy) is 1. The molecule has 1 heterocycles. The van der Waals surface area contributed by atoms with Gasteiger partial charge in [0.1, 0.15) is 11.6 Å². The van der Waals surface area contributed by atoms with E-state index in [1.165, 1.54) is 36.7 Å². The normalized spacial score (nSPS) is 10.7. The molecule has 0 fully saturated rings. The molecule has 0 aliphatic heterocycles. The maximum atomic E-state index is 13.1.